The fourth-order valence-electron chi connectivity index (χ4n) is 4.75. The Bertz CT molecular complexity index is 1830. The number of nitrogens with zero attached hydrogens (tertiary/aromatic N) is 2. The van der Waals surface area contributed by atoms with Crippen molar-refractivity contribution in [1.82, 2.24) is 15.4 Å². The van der Waals surface area contributed by atoms with Crippen LogP contribution >= 0.6 is 6.89 Å². The number of rotatable bonds is 3. The lowest BCUT2D eigenvalue weighted by molar-refractivity contribution is 0.569. The number of para-hydroxylation sites is 1. The first-order valence-corrected chi connectivity index (χ1v) is 13.2. The Morgan fingerprint density at radius 1 is 0.639 bits per heavy atom. The van der Waals surface area contributed by atoms with Gasteiger partial charge in [0.1, 0.15) is 21.6 Å². The largest absolute Gasteiger partial charge is 0.422 e. The first kappa shape index (κ1) is 22.0. The van der Waals surface area contributed by atoms with E-state index in [2.05, 4.69) is 15.4 Å². The van der Waals surface area contributed by atoms with Crippen LogP contribution in [0.5, 0.6) is 0 Å². The van der Waals surface area contributed by atoms with Crippen molar-refractivity contribution < 1.29 is 4.42 Å². The molecule has 0 aliphatic heterocycles. The zero-order valence-electron chi connectivity index (χ0n) is 19.0. The van der Waals surface area contributed by atoms with Crippen molar-refractivity contribution in [1.29, 1.82) is 0 Å². The highest BCUT2D eigenvalue weighted by atomic mass is 31.2. The summed E-state index contributed by atoms with van der Waals surface area (Å²) in [4.78, 5) is 27.6. The number of nitrogens with one attached hydrogen (secondary N) is 1. The molecule has 0 amide bonds. The Balaban J connectivity index is 2.00. The summed E-state index contributed by atoms with van der Waals surface area (Å²) in [6.07, 6.45) is 0. The van der Waals surface area contributed by atoms with Gasteiger partial charge in [0, 0.05) is 12.3 Å². The molecule has 2 heterocycles. The fraction of sp³-hybridized carbons (Fsp3) is 0. The molecule has 0 saturated carbocycles. The predicted octanol–water partition coefficient (Wildman–Crippen LogP) is 3.95. The lowest BCUT2D eigenvalue weighted by atomic mass is 10.2. The van der Waals surface area contributed by atoms with Gasteiger partial charge in [-0.15, -0.1) is 5.10 Å². The van der Waals surface area contributed by atoms with Gasteiger partial charge < -0.3 is 4.42 Å². The van der Waals surface area contributed by atoms with Gasteiger partial charge in [-0.2, -0.15) is 0 Å². The molecule has 0 aliphatic rings. The van der Waals surface area contributed by atoms with Gasteiger partial charge in [-0.1, -0.05) is 108 Å². The lowest BCUT2D eigenvalue weighted by Crippen LogP contribution is -2.28. The smallest absolute Gasteiger partial charge is 0.349 e. The van der Waals surface area contributed by atoms with Gasteiger partial charge in [0.15, 0.2) is 0 Å². The van der Waals surface area contributed by atoms with E-state index in [0.717, 1.165) is 15.9 Å². The maximum absolute atomic E-state index is 14.4. The third-order valence-corrected chi connectivity index (χ3v) is 10.5. The van der Waals surface area contributed by atoms with Crippen LogP contribution in [0, 0.1) is 5.07 Å². The van der Waals surface area contributed by atoms with Crippen LogP contribution in [0.2, 0.25) is 0 Å². The normalized spacial score (nSPS) is 11.6. The molecular weight excluding hydrogens is 469 g/mol. The molecule has 36 heavy (non-hydrogen) atoms. The van der Waals surface area contributed by atoms with Gasteiger partial charge in [-0.25, -0.2) is 4.79 Å². The summed E-state index contributed by atoms with van der Waals surface area (Å²) in [5.41, 5.74) is -0.645. The summed E-state index contributed by atoms with van der Waals surface area (Å²) in [6, 6.07) is 36.6. The molecule has 0 bridgehead atoms. The molecule has 4 aromatic carbocycles. The number of hydrogen-bond acceptors (Lipinski definition) is 5. The highest BCUT2D eigenvalue weighted by molar-refractivity contribution is 7.88. The first-order valence-electron chi connectivity index (χ1n) is 11.4. The zero-order valence-corrected chi connectivity index (χ0v) is 19.9. The summed E-state index contributed by atoms with van der Waals surface area (Å²) in [5, 5.41) is 15.1. The van der Waals surface area contributed by atoms with Crippen LogP contribution in [0.25, 0.3) is 21.9 Å². The number of aromatic amines is 1. The molecule has 0 spiro atoms. The van der Waals surface area contributed by atoms with Crippen molar-refractivity contribution in [2.75, 3.05) is 0 Å². The van der Waals surface area contributed by atoms with Gasteiger partial charge in [0.05, 0.1) is 0 Å². The molecule has 2 aromatic heterocycles. The molecule has 0 unspecified atom stereocenters. The van der Waals surface area contributed by atoms with Crippen LogP contribution in [-0.4, -0.2) is 15.4 Å². The molecule has 0 atom stereocenters. The Hall–Kier alpha value is -4.54. The highest BCUT2D eigenvalue weighted by Gasteiger charge is 2.29. The van der Waals surface area contributed by atoms with E-state index in [1.54, 1.807) is 24.3 Å². The van der Waals surface area contributed by atoms with E-state index >= 15 is 0 Å². The maximum atomic E-state index is 14.4. The van der Waals surface area contributed by atoms with Crippen molar-refractivity contribution >= 4 is 44.7 Å². The van der Waals surface area contributed by atoms with Gasteiger partial charge in [0.25, 0.3) is 0 Å². The van der Waals surface area contributed by atoms with Crippen molar-refractivity contribution in [3.8, 4) is 0 Å². The fourth-order valence-corrected chi connectivity index (χ4v) is 8.88. The Morgan fingerprint density at radius 3 is 1.69 bits per heavy atom. The van der Waals surface area contributed by atoms with Gasteiger partial charge in [-0.3, -0.25) is 9.89 Å². The zero-order chi connectivity index (χ0) is 24.5. The third kappa shape index (κ3) is 3.35. The first-order chi connectivity index (χ1) is 17.7. The summed E-state index contributed by atoms with van der Waals surface area (Å²) in [5.74, 6) is 0. The van der Waals surface area contributed by atoms with E-state index in [-0.39, 0.29) is 10.9 Å². The monoisotopic (exact) mass is 489 g/mol. The minimum atomic E-state index is -2.83. The van der Waals surface area contributed by atoms with E-state index in [1.807, 2.05) is 91.0 Å². The SMILES string of the molecule is O=c1oc2ccccc2c2nn[nH]c(=P(c3ccccc3)(c3ccccc3)c3ccccc3)c(=O)c12. The molecule has 0 saturated heterocycles. The number of H-pyrrole nitrogens is 1. The number of fused-ring (bicyclic) bond motifs is 3. The van der Waals surface area contributed by atoms with E-state index < -0.39 is 17.9 Å². The molecular formula is C29H20N3O3P. The molecule has 6 nitrogen and oxygen atoms in total. The molecule has 0 aliphatic carbocycles. The van der Waals surface area contributed by atoms with E-state index in [0.29, 0.717) is 16.0 Å². The van der Waals surface area contributed by atoms with Crippen LogP contribution in [0.4, 0.5) is 0 Å². The average Bonchev–Trinajstić information content (AvgIpc) is 3.11. The predicted molar refractivity (Wildman–Crippen MR) is 145 cm³/mol. The highest BCUT2D eigenvalue weighted by Crippen LogP contribution is 2.46. The van der Waals surface area contributed by atoms with Crippen molar-refractivity contribution in [2.24, 2.45) is 0 Å². The van der Waals surface area contributed by atoms with Crippen molar-refractivity contribution in [2.45, 2.75) is 0 Å². The molecule has 174 valence electrons. The molecule has 0 fully saturated rings. The summed E-state index contributed by atoms with van der Waals surface area (Å²) in [6.45, 7) is -2.83. The lowest BCUT2D eigenvalue weighted by Gasteiger charge is -2.27. The topological polar surface area (TPSA) is 88.8 Å². The second-order valence-electron chi connectivity index (χ2n) is 8.28. The minimum Gasteiger partial charge on any atom is -0.422 e. The maximum Gasteiger partial charge on any atom is 0.349 e. The Labute approximate surface area is 205 Å². The van der Waals surface area contributed by atoms with Gasteiger partial charge >= 0.3 is 5.63 Å². The average molecular weight is 489 g/mol. The molecule has 7 heteroatoms. The minimum absolute atomic E-state index is 0.121. The quantitative estimate of drug-likeness (QED) is 0.300. The second-order valence-corrected chi connectivity index (χ2v) is 11.6. The molecule has 1 N–H and O–H groups in total. The number of hydrogen-bond donors (Lipinski definition) is 1. The molecule has 0 radical (unpaired) electrons. The van der Waals surface area contributed by atoms with Crippen LogP contribution in [0.15, 0.2) is 129 Å². The van der Waals surface area contributed by atoms with Crippen LogP contribution < -0.4 is 27.0 Å². The van der Waals surface area contributed by atoms with E-state index in [1.165, 1.54) is 0 Å². The van der Waals surface area contributed by atoms with Crippen LogP contribution in [-0.2, 0) is 0 Å². The van der Waals surface area contributed by atoms with Crippen LogP contribution in [0.1, 0.15) is 0 Å². The van der Waals surface area contributed by atoms with Gasteiger partial charge in [-0.05, 0) is 28.0 Å². The summed E-state index contributed by atoms with van der Waals surface area (Å²) >= 11 is 0. The second kappa shape index (κ2) is 8.91. The van der Waals surface area contributed by atoms with Gasteiger partial charge in [0.2, 0.25) is 5.43 Å². The third-order valence-electron chi connectivity index (χ3n) is 6.30. The Morgan fingerprint density at radius 2 is 1.14 bits per heavy atom. The van der Waals surface area contributed by atoms with Crippen molar-refractivity contribution in [3.05, 3.63) is 141 Å². The number of benzene rings is 4. The summed E-state index contributed by atoms with van der Waals surface area (Å²) < 4.78 is 5.56. The number of aromatic nitrogens is 3. The van der Waals surface area contributed by atoms with Crippen LogP contribution in [0.3, 0.4) is 0 Å². The standard InChI is InChI=1S/C29H20N3O3P/c33-27-25-26(23-18-10-11-19-24(23)35-29(25)34)30-32-31-28(27)36(20-12-4-1-5-13-20,21-14-6-2-7-15-21)22-16-8-3-9-17-22/h1-19H,(H,30,31). The Kier molecular flexibility index (Phi) is 5.44. The molecule has 6 rings (SSSR count). The van der Waals surface area contributed by atoms with Crippen molar-refractivity contribution in [3.63, 3.8) is 0 Å². The van der Waals surface area contributed by atoms with E-state index in [9.17, 15) is 9.59 Å². The van der Waals surface area contributed by atoms with E-state index in [4.69, 9.17) is 4.42 Å². The summed E-state index contributed by atoms with van der Waals surface area (Å²) in [7, 11) is 0. The molecule has 6 aromatic rings.